The maximum atomic E-state index is 12.8. The molecule has 0 spiro atoms. The summed E-state index contributed by atoms with van der Waals surface area (Å²) in [4.78, 5) is 28.2. The quantitative estimate of drug-likeness (QED) is 0.813. The lowest BCUT2D eigenvalue weighted by molar-refractivity contribution is -0.114. The number of benzene rings is 2. The van der Waals surface area contributed by atoms with Gasteiger partial charge in [-0.15, -0.1) is 0 Å². The van der Waals surface area contributed by atoms with Crippen LogP contribution < -0.4 is 5.32 Å². The topological polar surface area (TPSA) is 52.7 Å². The minimum atomic E-state index is -0.0546. The van der Waals surface area contributed by atoms with Crippen molar-refractivity contribution in [3.63, 3.8) is 0 Å². The molecule has 1 saturated heterocycles. The second-order valence-electron chi connectivity index (χ2n) is 8.04. The van der Waals surface area contributed by atoms with Crippen molar-refractivity contribution in [3.8, 4) is 0 Å². The Bertz CT molecular complexity index is 820. The molecule has 0 bridgehead atoms. The maximum Gasteiger partial charge on any atom is 0.253 e. The van der Waals surface area contributed by atoms with Crippen LogP contribution in [0.3, 0.4) is 0 Å². The van der Waals surface area contributed by atoms with Crippen molar-refractivity contribution >= 4 is 17.5 Å². The number of hydrogen-bond donors (Lipinski definition) is 1. The number of rotatable bonds is 6. The van der Waals surface area contributed by atoms with Gasteiger partial charge >= 0.3 is 0 Å². The molecule has 2 aromatic carbocycles. The molecule has 0 saturated carbocycles. The smallest absolute Gasteiger partial charge is 0.253 e. The molecule has 1 heterocycles. The number of anilines is 1. The lowest BCUT2D eigenvalue weighted by Gasteiger charge is -2.34. The van der Waals surface area contributed by atoms with Crippen LogP contribution in [0.2, 0.25) is 0 Å². The molecular weight excluding hydrogens is 362 g/mol. The highest BCUT2D eigenvalue weighted by Crippen LogP contribution is 2.17. The second kappa shape index (κ2) is 9.70. The molecule has 1 N–H and O–H groups in total. The molecule has 0 aromatic heterocycles. The molecule has 29 heavy (non-hydrogen) atoms. The minimum Gasteiger partial charge on any atom is -0.336 e. The Hall–Kier alpha value is -2.66. The zero-order valence-corrected chi connectivity index (χ0v) is 17.6. The van der Waals surface area contributed by atoms with Crippen LogP contribution in [0.1, 0.15) is 48.2 Å². The molecule has 154 valence electrons. The van der Waals surface area contributed by atoms with E-state index in [1.165, 1.54) is 18.1 Å². The lowest BCUT2D eigenvalue weighted by atomic mass is 10.0. The monoisotopic (exact) mass is 393 g/mol. The van der Waals surface area contributed by atoms with Gasteiger partial charge in [0.1, 0.15) is 0 Å². The maximum absolute atomic E-state index is 12.8. The van der Waals surface area contributed by atoms with Crippen LogP contribution in [0.4, 0.5) is 5.69 Å². The van der Waals surface area contributed by atoms with E-state index in [2.05, 4.69) is 48.3 Å². The molecule has 3 rings (SSSR count). The van der Waals surface area contributed by atoms with E-state index in [0.717, 1.165) is 50.4 Å². The highest BCUT2D eigenvalue weighted by Gasteiger charge is 2.22. The van der Waals surface area contributed by atoms with Gasteiger partial charge in [-0.1, -0.05) is 38.1 Å². The Morgan fingerprint density at radius 2 is 1.55 bits per heavy atom. The molecule has 1 fully saturated rings. The predicted molar refractivity (Wildman–Crippen MR) is 117 cm³/mol. The highest BCUT2D eigenvalue weighted by atomic mass is 16.2. The first-order valence-corrected chi connectivity index (χ1v) is 10.4. The predicted octanol–water partition coefficient (Wildman–Crippen LogP) is 3.77. The van der Waals surface area contributed by atoms with Crippen LogP contribution >= 0.6 is 0 Å². The summed E-state index contributed by atoms with van der Waals surface area (Å²) in [5.74, 6) is 0.554. The Morgan fingerprint density at radius 1 is 0.931 bits per heavy atom. The average Bonchev–Trinajstić information content (AvgIpc) is 2.73. The van der Waals surface area contributed by atoms with Gasteiger partial charge in [0, 0.05) is 50.9 Å². The zero-order chi connectivity index (χ0) is 20.8. The number of amides is 2. The van der Waals surface area contributed by atoms with E-state index in [9.17, 15) is 9.59 Å². The Kier molecular flexibility index (Phi) is 7.04. The van der Waals surface area contributed by atoms with E-state index in [1.54, 1.807) is 0 Å². The van der Waals surface area contributed by atoms with Gasteiger partial charge in [0.25, 0.3) is 5.91 Å². The summed E-state index contributed by atoms with van der Waals surface area (Å²) in [6.45, 7) is 10.2. The summed E-state index contributed by atoms with van der Waals surface area (Å²) in [5, 5.41) is 2.79. The van der Waals surface area contributed by atoms with Crippen molar-refractivity contribution in [3.05, 3.63) is 65.2 Å². The summed E-state index contributed by atoms with van der Waals surface area (Å²) in [6, 6.07) is 16.0. The summed E-state index contributed by atoms with van der Waals surface area (Å²) >= 11 is 0. The third-order valence-corrected chi connectivity index (χ3v) is 5.47. The molecule has 5 nitrogen and oxygen atoms in total. The molecule has 1 aliphatic heterocycles. The van der Waals surface area contributed by atoms with Crippen molar-refractivity contribution in [2.24, 2.45) is 0 Å². The second-order valence-corrected chi connectivity index (χ2v) is 8.04. The molecule has 2 aromatic rings. The number of carbonyl (C=O) groups is 2. The molecular formula is C24H31N3O2. The van der Waals surface area contributed by atoms with E-state index in [-0.39, 0.29) is 11.8 Å². The fourth-order valence-corrected chi connectivity index (χ4v) is 3.61. The number of carbonyl (C=O) groups excluding carboxylic acids is 2. The fraction of sp³-hybridized carbons (Fsp3) is 0.417. The van der Waals surface area contributed by atoms with Crippen LogP contribution in [0.5, 0.6) is 0 Å². The lowest BCUT2D eigenvalue weighted by Crippen LogP contribution is -2.49. The molecule has 0 unspecified atom stereocenters. The van der Waals surface area contributed by atoms with Crippen molar-refractivity contribution in [2.45, 2.75) is 33.1 Å². The number of hydrogen-bond acceptors (Lipinski definition) is 3. The Balaban J connectivity index is 1.45. The van der Waals surface area contributed by atoms with Gasteiger partial charge in [-0.05, 0) is 47.7 Å². The van der Waals surface area contributed by atoms with Crippen LogP contribution in [0.15, 0.2) is 48.5 Å². The van der Waals surface area contributed by atoms with Gasteiger partial charge in [-0.2, -0.15) is 0 Å². The van der Waals surface area contributed by atoms with E-state index < -0.39 is 0 Å². The highest BCUT2D eigenvalue weighted by molar-refractivity contribution is 5.94. The van der Waals surface area contributed by atoms with Gasteiger partial charge in [0.2, 0.25) is 5.91 Å². The van der Waals surface area contributed by atoms with Crippen LogP contribution in [-0.2, 0) is 11.2 Å². The summed E-state index contributed by atoms with van der Waals surface area (Å²) in [5.41, 5.74) is 4.12. The summed E-state index contributed by atoms with van der Waals surface area (Å²) < 4.78 is 0. The molecule has 5 heteroatoms. The largest absolute Gasteiger partial charge is 0.336 e. The van der Waals surface area contributed by atoms with Gasteiger partial charge in [0.15, 0.2) is 0 Å². The van der Waals surface area contributed by atoms with Crippen LogP contribution in [0, 0.1) is 0 Å². The molecule has 0 aliphatic carbocycles. The first-order valence-electron chi connectivity index (χ1n) is 10.4. The number of piperazine rings is 1. The van der Waals surface area contributed by atoms with Gasteiger partial charge in [-0.3, -0.25) is 14.5 Å². The fourth-order valence-electron chi connectivity index (χ4n) is 3.61. The number of nitrogens with one attached hydrogen (secondary N) is 1. The first-order chi connectivity index (χ1) is 13.9. The van der Waals surface area contributed by atoms with Crippen LogP contribution in [0.25, 0.3) is 0 Å². The molecule has 2 amide bonds. The van der Waals surface area contributed by atoms with Crippen molar-refractivity contribution in [1.29, 1.82) is 0 Å². The van der Waals surface area contributed by atoms with Gasteiger partial charge in [-0.25, -0.2) is 0 Å². The SMILES string of the molecule is CC(=O)Nc1ccc(CCN2CCN(C(=O)c3ccc(C(C)C)cc3)CC2)cc1. The van der Waals surface area contributed by atoms with E-state index in [4.69, 9.17) is 0 Å². The molecule has 0 atom stereocenters. The minimum absolute atomic E-state index is 0.0546. The van der Waals surface area contributed by atoms with E-state index in [1.807, 2.05) is 29.2 Å². The van der Waals surface area contributed by atoms with Crippen molar-refractivity contribution in [2.75, 3.05) is 38.0 Å². The Labute approximate surface area is 173 Å². The standard InChI is InChI=1S/C24H31N3O2/c1-18(2)21-6-8-22(9-7-21)24(29)27-16-14-26(15-17-27)13-12-20-4-10-23(11-5-20)25-19(3)28/h4-11,18H,12-17H2,1-3H3,(H,25,28). The normalized spacial score (nSPS) is 14.8. The van der Waals surface area contributed by atoms with Crippen molar-refractivity contribution < 1.29 is 9.59 Å². The van der Waals surface area contributed by atoms with E-state index >= 15 is 0 Å². The third kappa shape index (κ3) is 5.91. The molecule has 1 aliphatic rings. The summed E-state index contributed by atoms with van der Waals surface area (Å²) in [7, 11) is 0. The molecule has 0 radical (unpaired) electrons. The summed E-state index contributed by atoms with van der Waals surface area (Å²) in [6.07, 6.45) is 0.963. The van der Waals surface area contributed by atoms with Crippen molar-refractivity contribution in [1.82, 2.24) is 9.80 Å². The Morgan fingerprint density at radius 3 is 2.10 bits per heavy atom. The zero-order valence-electron chi connectivity index (χ0n) is 17.6. The number of nitrogens with zero attached hydrogens (tertiary/aromatic N) is 2. The van der Waals surface area contributed by atoms with E-state index in [0.29, 0.717) is 5.92 Å². The van der Waals surface area contributed by atoms with Gasteiger partial charge < -0.3 is 10.2 Å². The third-order valence-electron chi connectivity index (χ3n) is 5.47. The first kappa shape index (κ1) is 21.1. The van der Waals surface area contributed by atoms with Gasteiger partial charge in [0.05, 0.1) is 0 Å². The van der Waals surface area contributed by atoms with Crippen LogP contribution in [-0.4, -0.2) is 54.3 Å². The average molecular weight is 394 g/mol.